The number of hydrogen-bond donors (Lipinski definition) is 2. The van der Waals surface area contributed by atoms with Gasteiger partial charge in [0.05, 0.1) is 12.5 Å². The molecule has 0 saturated carbocycles. The van der Waals surface area contributed by atoms with Crippen molar-refractivity contribution in [2.45, 2.75) is 18.4 Å². The molecule has 0 saturated heterocycles. The minimum Gasteiger partial charge on any atom is -0.550 e. The Morgan fingerprint density at radius 3 is 2.31 bits per heavy atom. The molecule has 0 fully saturated rings. The number of aliphatic carboxylic acids is 1. The van der Waals surface area contributed by atoms with Crippen LogP contribution < -0.4 is 40.4 Å². The van der Waals surface area contributed by atoms with Crippen molar-refractivity contribution in [1.29, 1.82) is 5.26 Å². The van der Waals surface area contributed by atoms with Crippen molar-refractivity contribution in [3.8, 4) is 6.07 Å². The summed E-state index contributed by atoms with van der Waals surface area (Å²) in [4.78, 5) is 20.5. The van der Waals surface area contributed by atoms with Crippen LogP contribution in [0.15, 0.2) is 0 Å². The maximum atomic E-state index is 10.5. The first kappa shape index (κ1) is 14.9. The molecule has 0 aromatic heterocycles. The summed E-state index contributed by atoms with van der Waals surface area (Å²) in [5.74, 6) is -2.88. The number of nitrogens with zero attached hydrogens (tertiary/aromatic N) is 1. The molecule has 0 aromatic carbocycles. The smallest absolute Gasteiger partial charge is 0.550 e. The summed E-state index contributed by atoms with van der Waals surface area (Å²) in [5.41, 5.74) is 2.36. The average Bonchev–Trinajstić information content (AvgIpc) is 1.85. The fourth-order valence-electron chi connectivity index (χ4n) is 0.606. The van der Waals surface area contributed by atoms with Crippen molar-refractivity contribution in [2.24, 2.45) is 5.73 Å². The number of hydrogen-bond acceptors (Lipinski definition) is 5. The second-order valence-corrected chi connectivity index (χ2v) is 2.28. The SMILES string of the molecule is N#CCC(O)(CC(=O)[O-])C(N)=O.[Na+]. The maximum absolute atomic E-state index is 10.5. The Kier molecular flexibility index (Phi) is 6.80. The Morgan fingerprint density at radius 2 is 2.08 bits per heavy atom. The van der Waals surface area contributed by atoms with E-state index in [-0.39, 0.29) is 29.6 Å². The zero-order valence-electron chi connectivity index (χ0n) is 7.11. The molecule has 1 amide bonds. The first-order chi connectivity index (χ1) is 5.42. The third-order valence-electron chi connectivity index (χ3n) is 1.27. The van der Waals surface area contributed by atoms with E-state index < -0.39 is 30.3 Å². The number of nitrogens with two attached hydrogens (primary N) is 1. The summed E-state index contributed by atoms with van der Waals surface area (Å²) in [7, 11) is 0. The fourth-order valence-corrected chi connectivity index (χ4v) is 0.606. The Bertz CT molecular complexity index is 250. The van der Waals surface area contributed by atoms with Crippen LogP contribution in [0.25, 0.3) is 0 Å². The van der Waals surface area contributed by atoms with Crippen molar-refractivity contribution >= 4 is 11.9 Å². The summed E-state index contributed by atoms with van der Waals surface area (Å²) >= 11 is 0. The van der Waals surface area contributed by atoms with Crippen molar-refractivity contribution in [2.75, 3.05) is 0 Å². The van der Waals surface area contributed by atoms with Gasteiger partial charge in [0.15, 0.2) is 5.60 Å². The quantitative estimate of drug-likeness (QED) is 0.431. The van der Waals surface area contributed by atoms with Gasteiger partial charge in [-0.3, -0.25) is 4.79 Å². The molecule has 0 heterocycles. The zero-order chi connectivity index (χ0) is 9.78. The van der Waals surface area contributed by atoms with Gasteiger partial charge in [-0.2, -0.15) is 5.26 Å². The summed E-state index contributed by atoms with van der Waals surface area (Å²) < 4.78 is 0. The molecule has 7 heteroatoms. The van der Waals surface area contributed by atoms with Gasteiger partial charge < -0.3 is 20.7 Å². The molecule has 3 N–H and O–H groups in total. The number of rotatable bonds is 4. The molecule has 66 valence electrons. The molecule has 0 aromatic rings. The number of carbonyl (C=O) groups excluding carboxylic acids is 2. The largest absolute Gasteiger partial charge is 1.00 e. The van der Waals surface area contributed by atoms with Crippen LogP contribution in [0.4, 0.5) is 0 Å². The van der Waals surface area contributed by atoms with Crippen LogP contribution in [-0.4, -0.2) is 22.6 Å². The van der Waals surface area contributed by atoms with Gasteiger partial charge in [0.25, 0.3) is 5.91 Å². The third kappa shape index (κ3) is 4.85. The number of primary amides is 1. The van der Waals surface area contributed by atoms with Crippen LogP contribution in [0, 0.1) is 11.3 Å². The van der Waals surface area contributed by atoms with E-state index in [2.05, 4.69) is 5.73 Å². The summed E-state index contributed by atoms with van der Waals surface area (Å²) in [6.45, 7) is 0. The van der Waals surface area contributed by atoms with E-state index in [1.54, 1.807) is 0 Å². The number of amides is 1. The van der Waals surface area contributed by atoms with E-state index >= 15 is 0 Å². The number of nitriles is 1. The van der Waals surface area contributed by atoms with E-state index in [0.717, 1.165) is 0 Å². The van der Waals surface area contributed by atoms with Gasteiger partial charge in [-0.25, -0.2) is 0 Å². The third-order valence-corrected chi connectivity index (χ3v) is 1.27. The van der Waals surface area contributed by atoms with Gasteiger partial charge in [-0.15, -0.1) is 0 Å². The van der Waals surface area contributed by atoms with Gasteiger partial charge in [-0.05, 0) is 0 Å². The monoisotopic (exact) mass is 194 g/mol. The molecule has 0 aliphatic heterocycles. The van der Waals surface area contributed by atoms with Crippen LogP contribution in [0.3, 0.4) is 0 Å². The molecule has 0 spiro atoms. The van der Waals surface area contributed by atoms with E-state index in [0.29, 0.717) is 0 Å². The summed E-state index contributed by atoms with van der Waals surface area (Å²) in [5, 5.41) is 27.3. The first-order valence-corrected chi connectivity index (χ1v) is 3.01. The van der Waals surface area contributed by atoms with Crippen molar-refractivity contribution in [3.63, 3.8) is 0 Å². The minimum absolute atomic E-state index is 0. The van der Waals surface area contributed by atoms with E-state index in [1.807, 2.05) is 0 Å². The maximum Gasteiger partial charge on any atom is 1.00 e. The van der Waals surface area contributed by atoms with Crippen LogP contribution in [0.1, 0.15) is 12.8 Å². The molecular formula is C6H7N2NaO4. The van der Waals surface area contributed by atoms with Crippen LogP contribution in [0.5, 0.6) is 0 Å². The standard InChI is InChI=1S/C6H8N2O4.Na/c7-2-1-6(12,5(8)11)3-4(9)10;/h12H,1,3H2,(H2,8,11)(H,9,10);/q;+1/p-1. The predicted molar refractivity (Wildman–Crippen MR) is 34.0 cm³/mol. The van der Waals surface area contributed by atoms with E-state index in [4.69, 9.17) is 10.4 Å². The van der Waals surface area contributed by atoms with Crippen LogP contribution >= 0.6 is 0 Å². The second-order valence-electron chi connectivity index (χ2n) is 2.28. The molecule has 1 unspecified atom stereocenters. The molecule has 0 radical (unpaired) electrons. The summed E-state index contributed by atoms with van der Waals surface area (Å²) in [6, 6.07) is 1.45. The zero-order valence-corrected chi connectivity index (χ0v) is 9.11. The van der Waals surface area contributed by atoms with Crippen molar-refractivity contribution in [3.05, 3.63) is 0 Å². The van der Waals surface area contributed by atoms with Crippen molar-refractivity contribution in [1.82, 2.24) is 0 Å². The van der Waals surface area contributed by atoms with Gasteiger partial charge in [0.2, 0.25) is 0 Å². The molecule has 0 rings (SSSR count). The number of aliphatic hydroxyl groups is 1. The fraction of sp³-hybridized carbons (Fsp3) is 0.500. The molecular weight excluding hydrogens is 187 g/mol. The second kappa shape index (κ2) is 5.94. The Labute approximate surface area is 96.6 Å². The summed E-state index contributed by atoms with van der Waals surface area (Å²) in [6.07, 6.45) is -1.62. The minimum atomic E-state index is -2.31. The van der Waals surface area contributed by atoms with Crippen molar-refractivity contribution < 1.29 is 49.4 Å². The van der Waals surface area contributed by atoms with E-state index in [9.17, 15) is 14.7 Å². The van der Waals surface area contributed by atoms with Crippen LogP contribution in [-0.2, 0) is 9.59 Å². The Hall–Kier alpha value is -0.610. The van der Waals surface area contributed by atoms with Gasteiger partial charge in [-0.1, -0.05) is 0 Å². The number of carboxylic acid groups (broad SMARTS) is 1. The van der Waals surface area contributed by atoms with Gasteiger partial charge in [0, 0.05) is 12.4 Å². The first-order valence-electron chi connectivity index (χ1n) is 3.01. The topological polar surface area (TPSA) is 127 Å². The van der Waals surface area contributed by atoms with Gasteiger partial charge in [0.1, 0.15) is 0 Å². The molecule has 6 nitrogen and oxygen atoms in total. The normalized spacial score (nSPS) is 13.2. The Balaban J connectivity index is 0. The average molecular weight is 194 g/mol. The van der Waals surface area contributed by atoms with E-state index in [1.165, 1.54) is 6.07 Å². The predicted octanol–water partition coefficient (Wildman–Crippen LogP) is -5.74. The molecule has 1 atom stereocenters. The van der Waals surface area contributed by atoms with Crippen LogP contribution in [0.2, 0.25) is 0 Å². The number of carbonyl (C=O) groups is 2. The Morgan fingerprint density at radius 1 is 1.62 bits per heavy atom. The molecule has 13 heavy (non-hydrogen) atoms. The molecule has 0 bridgehead atoms. The number of carboxylic acids is 1. The van der Waals surface area contributed by atoms with Gasteiger partial charge >= 0.3 is 29.6 Å². The molecule has 0 aliphatic carbocycles. The molecule has 0 aliphatic rings.